The predicted molar refractivity (Wildman–Crippen MR) is 121 cm³/mol. The second kappa shape index (κ2) is 8.03. The zero-order chi connectivity index (χ0) is 23.0. The third-order valence-electron chi connectivity index (χ3n) is 5.08. The molecule has 0 unspecified atom stereocenters. The molecule has 1 aliphatic heterocycles. The SMILES string of the molecule is COc1ccc(N2N=C(C)C(=Cc3c(O)n(-c4ccc(C)cc4)c(=O)[nH]c3=O)C2=O)cc1. The van der Waals surface area contributed by atoms with Gasteiger partial charge in [-0.2, -0.15) is 10.1 Å². The van der Waals surface area contributed by atoms with Gasteiger partial charge in [-0.15, -0.1) is 0 Å². The summed E-state index contributed by atoms with van der Waals surface area (Å²) in [5.74, 6) is -0.412. The van der Waals surface area contributed by atoms with Gasteiger partial charge in [-0.05, 0) is 56.3 Å². The van der Waals surface area contributed by atoms with Crippen LogP contribution < -0.4 is 21.0 Å². The third-order valence-corrected chi connectivity index (χ3v) is 5.08. The number of ether oxygens (including phenoxy) is 1. The number of carbonyl (C=O) groups is 1. The molecule has 2 aromatic carbocycles. The van der Waals surface area contributed by atoms with Crippen LogP contribution >= 0.6 is 0 Å². The lowest BCUT2D eigenvalue weighted by molar-refractivity contribution is -0.114. The lowest BCUT2D eigenvalue weighted by Crippen LogP contribution is -2.30. The molecule has 0 radical (unpaired) electrons. The standard InChI is InChI=1S/C23H20N4O5/c1-13-4-6-15(7-5-13)26-21(29)19(20(28)24-23(26)31)12-18-14(2)25-27(22(18)30)16-8-10-17(32-3)11-9-16/h4-12,29H,1-3H3,(H,24,28,31). The topological polar surface area (TPSA) is 117 Å². The zero-order valence-electron chi connectivity index (χ0n) is 17.6. The number of aromatic nitrogens is 2. The van der Waals surface area contributed by atoms with Crippen LogP contribution in [0.2, 0.25) is 0 Å². The van der Waals surface area contributed by atoms with Crippen LogP contribution in [0.3, 0.4) is 0 Å². The summed E-state index contributed by atoms with van der Waals surface area (Å²) in [6, 6.07) is 13.6. The molecule has 0 bridgehead atoms. The molecule has 0 spiro atoms. The molecule has 1 aliphatic rings. The number of hydrogen-bond donors (Lipinski definition) is 2. The van der Waals surface area contributed by atoms with Gasteiger partial charge in [-0.1, -0.05) is 17.7 Å². The molecule has 0 saturated heterocycles. The minimum Gasteiger partial charge on any atom is -0.497 e. The molecule has 0 atom stereocenters. The summed E-state index contributed by atoms with van der Waals surface area (Å²) in [6.45, 7) is 3.51. The number of benzene rings is 2. The number of methoxy groups -OCH3 is 1. The molecule has 162 valence electrons. The van der Waals surface area contributed by atoms with Gasteiger partial charge in [0.05, 0.1) is 29.8 Å². The molecule has 32 heavy (non-hydrogen) atoms. The quantitative estimate of drug-likeness (QED) is 0.614. The van der Waals surface area contributed by atoms with Crippen molar-refractivity contribution in [3.05, 3.63) is 86.1 Å². The van der Waals surface area contributed by atoms with Gasteiger partial charge in [0.2, 0.25) is 5.88 Å². The Bertz CT molecular complexity index is 1380. The molecule has 1 amide bonds. The number of H-pyrrole nitrogens is 1. The molecule has 0 aliphatic carbocycles. The van der Waals surface area contributed by atoms with Crippen molar-refractivity contribution >= 4 is 23.4 Å². The van der Waals surface area contributed by atoms with E-state index in [1.807, 2.05) is 6.92 Å². The Kier molecular flexibility index (Phi) is 5.23. The van der Waals surface area contributed by atoms with Crippen LogP contribution in [-0.4, -0.2) is 33.4 Å². The van der Waals surface area contributed by atoms with Crippen LogP contribution in [0, 0.1) is 6.92 Å². The van der Waals surface area contributed by atoms with E-state index in [1.54, 1.807) is 62.6 Å². The van der Waals surface area contributed by atoms with Gasteiger partial charge in [0.1, 0.15) is 11.3 Å². The highest BCUT2D eigenvalue weighted by Gasteiger charge is 2.30. The molecular weight excluding hydrogens is 412 g/mol. The second-order valence-electron chi connectivity index (χ2n) is 7.23. The second-order valence-corrected chi connectivity index (χ2v) is 7.23. The van der Waals surface area contributed by atoms with Crippen LogP contribution in [0.4, 0.5) is 5.69 Å². The summed E-state index contributed by atoms with van der Waals surface area (Å²) in [6.07, 6.45) is 1.24. The number of aromatic hydroxyl groups is 1. The molecular formula is C23H20N4O5. The normalized spacial score (nSPS) is 14.7. The summed E-state index contributed by atoms with van der Waals surface area (Å²) < 4.78 is 6.10. The zero-order valence-corrected chi connectivity index (χ0v) is 17.6. The van der Waals surface area contributed by atoms with Crippen LogP contribution in [0.15, 0.2) is 68.8 Å². The van der Waals surface area contributed by atoms with E-state index < -0.39 is 23.0 Å². The van der Waals surface area contributed by atoms with Gasteiger partial charge in [-0.3, -0.25) is 14.6 Å². The lowest BCUT2D eigenvalue weighted by atomic mass is 10.1. The highest BCUT2D eigenvalue weighted by atomic mass is 16.5. The number of aromatic amines is 1. The Hall–Kier alpha value is -4.40. The Morgan fingerprint density at radius 2 is 1.59 bits per heavy atom. The number of anilines is 1. The van der Waals surface area contributed by atoms with Gasteiger partial charge in [0.25, 0.3) is 11.5 Å². The fourth-order valence-electron chi connectivity index (χ4n) is 3.33. The monoisotopic (exact) mass is 432 g/mol. The van der Waals surface area contributed by atoms with Gasteiger partial charge in [0.15, 0.2) is 0 Å². The van der Waals surface area contributed by atoms with E-state index in [0.29, 0.717) is 22.8 Å². The molecule has 9 nitrogen and oxygen atoms in total. The van der Waals surface area contributed by atoms with E-state index in [2.05, 4.69) is 10.1 Å². The average Bonchev–Trinajstić information content (AvgIpc) is 3.05. The number of aryl methyl sites for hydroxylation is 1. The first kappa shape index (κ1) is 20.9. The fraction of sp³-hybridized carbons (Fsp3) is 0.130. The Morgan fingerprint density at radius 3 is 2.22 bits per heavy atom. The third kappa shape index (κ3) is 3.60. The van der Waals surface area contributed by atoms with Gasteiger partial charge >= 0.3 is 5.69 Å². The fourth-order valence-corrected chi connectivity index (χ4v) is 3.33. The number of carbonyl (C=O) groups excluding carboxylic acids is 1. The van der Waals surface area contributed by atoms with Crippen LogP contribution in [0.5, 0.6) is 11.6 Å². The summed E-state index contributed by atoms with van der Waals surface area (Å²) in [5, 5.41) is 16.2. The predicted octanol–water partition coefficient (Wildman–Crippen LogP) is 2.35. The number of nitrogens with one attached hydrogen (secondary N) is 1. The highest BCUT2D eigenvalue weighted by molar-refractivity contribution is 6.32. The van der Waals surface area contributed by atoms with Crippen molar-refractivity contribution in [1.82, 2.24) is 9.55 Å². The van der Waals surface area contributed by atoms with Crippen molar-refractivity contribution in [2.24, 2.45) is 5.10 Å². The largest absolute Gasteiger partial charge is 0.497 e. The summed E-state index contributed by atoms with van der Waals surface area (Å²) in [4.78, 5) is 40.0. The number of rotatable bonds is 4. The maximum Gasteiger partial charge on any atom is 0.335 e. The molecule has 2 heterocycles. The first-order valence-corrected chi connectivity index (χ1v) is 9.71. The van der Waals surface area contributed by atoms with E-state index >= 15 is 0 Å². The van der Waals surface area contributed by atoms with Crippen LogP contribution in [-0.2, 0) is 4.79 Å². The molecule has 4 rings (SSSR count). The van der Waals surface area contributed by atoms with Crippen LogP contribution in [0.1, 0.15) is 18.1 Å². The highest BCUT2D eigenvalue weighted by Crippen LogP contribution is 2.27. The minimum atomic E-state index is -0.813. The Morgan fingerprint density at radius 1 is 0.969 bits per heavy atom. The number of hydrogen-bond acceptors (Lipinski definition) is 6. The minimum absolute atomic E-state index is 0.121. The molecule has 9 heteroatoms. The molecule has 0 fully saturated rings. The van der Waals surface area contributed by atoms with Crippen molar-refractivity contribution in [2.45, 2.75) is 13.8 Å². The first-order chi connectivity index (χ1) is 15.3. The van der Waals surface area contributed by atoms with Gasteiger partial charge in [-0.25, -0.2) is 9.36 Å². The van der Waals surface area contributed by atoms with E-state index in [1.165, 1.54) is 11.1 Å². The summed E-state index contributed by atoms with van der Waals surface area (Å²) in [5.41, 5.74) is 0.509. The Labute approximate surface area is 182 Å². The average molecular weight is 432 g/mol. The van der Waals surface area contributed by atoms with Crippen molar-refractivity contribution < 1.29 is 14.6 Å². The van der Waals surface area contributed by atoms with Gasteiger partial charge in [0, 0.05) is 0 Å². The van der Waals surface area contributed by atoms with E-state index in [9.17, 15) is 19.5 Å². The first-order valence-electron chi connectivity index (χ1n) is 9.71. The number of amides is 1. The smallest absolute Gasteiger partial charge is 0.335 e. The van der Waals surface area contributed by atoms with E-state index in [0.717, 1.165) is 10.1 Å². The van der Waals surface area contributed by atoms with Gasteiger partial charge < -0.3 is 9.84 Å². The van der Waals surface area contributed by atoms with Crippen molar-refractivity contribution in [2.75, 3.05) is 12.1 Å². The molecule has 1 aromatic heterocycles. The van der Waals surface area contributed by atoms with Crippen molar-refractivity contribution in [1.29, 1.82) is 0 Å². The van der Waals surface area contributed by atoms with Crippen molar-refractivity contribution in [3.63, 3.8) is 0 Å². The van der Waals surface area contributed by atoms with Crippen molar-refractivity contribution in [3.8, 4) is 17.3 Å². The number of nitrogens with zero attached hydrogens (tertiary/aromatic N) is 3. The summed E-state index contributed by atoms with van der Waals surface area (Å²) in [7, 11) is 1.54. The maximum absolute atomic E-state index is 13.0. The molecule has 0 saturated carbocycles. The molecule has 2 N–H and O–H groups in total. The van der Waals surface area contributed by atoms with Crippen LogP contribution in [0.25, 0.3) is 11.8 Å². The van der Waals surface area contributed by atoms with E-state index in [4.69, 9.17) is 4.74 Å². The molecule has 3 aromatic rings. The summed E-state index contributed by atoms with van der Waals surface area (Å²) >= 11 is 0. The maximum atomic E-state index is 13.0. The Balaban J connectivity index is 1.78. The lowest BCUT2D eigenvalue weighted by Gasteiger charge is -2.12. The number of hydrazone groups is 1. The van der Waals surface area contributed by atoms with E-state index in [-0.39, 0.29) is 11.1 Å².